The molecule has 28 heavy (non-hydrogen) atoms. The summed E-state index contributed by atoms with van der Waals surface area (Å²) >= 11 is 0. The van der Waals surface area contributed by atoms with Gasteiger partial charge in [-0.15, -0.1) is 0 Å². The predicted octanol–water partition coefficient (Wildman–Crippen LogP) is 1.00. The molecular formula is C20H26N2O6. The van der Waals surface area contributed by atoms with Gasteiger partial charge < -0.3 is 24.4 Å². The molecule has 1 N–H and O–H groups in total. The number of likely N-dealkylation sites (tertiary alicyclic amines) is 2. The Morgan fingerprint density at radius 1 is 1.14 bits per heavy atom. The highest BCUT2D eigenvalue weighted by molar-refractivity contribution is 5.86. The number of hydrogen-bond acceptors (Lipinski definition) is 5. The highest BCUT2D eigenvalue weighted by Crippen LogP contribution is 2.27. The van der Waals surface area contributed by atoms with Crippen molar-refractivity contribution >= 4 is 17.8 Å². The molecule has 2 saturated heterocycles. The Bertz CT molecular complexity index is 702. The summed E-state index contributed by atoms with van der Waals surface area (Å²) < 4.78 is 10.7. The molecule has 1 aromatic carbocycles. The first-order valence-corrected chi connectivity index (χ1v) is 9.51. The van der Waals surface area contributed by atoms with Crippen LogP contribution in [0.1, 0.15) is 19.3 Å². The molecule has 2 unspecified atom stereocenters. The number of carboxylic acids is 1. The van der Waals surface area contributed by atoms with E-state index in [9.17, 15) is 19.5 Å². The fraction of sp³-hybridized carbons (Fsp3) is 0.550. The molecule has 2 amide bonds. The van der Waals surface area contributed by atoms with Gasteiger partial charge in [-0.05, 0) is 25.0 Å². The number of carbonyl (C=O) groups is 3. The molecule has 2 fully saturated rings. The number of nitrogens with zero attached hydrogens (tertiary/aromatic N) is 2. The van der Waals surface area contributed by atoms with Gasteiger partial charge in [-0.25, -0.2) is 4.79 Å². The summed E-state index contributed by atoms with van der Waals surface area (Å²) in [5.41, 5.74) is 0. The molecule has 0 bridgehead atoms. The third-order valence-corrected chi connectivity index (χ3v) is 5.47. The lowest BCUT2D eigenvalue weighted by atomic mass is 9.95. The van der Waals surface area contributed by atoms with E-state index in [1.807, 2.05) is 18.2 Å². The summed E-state index contributed by atoms with van der Waals surface area (Å²) in [4.78, 5) is 39.8. The van der Waals surface area contributed by atoms with Crippen molar-refractivity contribution in [3.05, 3.63) is 30.3 Å². The van der Waals surface area contributed by atoms with Crippen molar-refractivity contribution in [2.45, 2.75) is 31.4 Å². The zero-order valence-corrected chi connectivity index (χ0v) is 16.0. The first kappa shape index (κ1) is 20.1. The largest absolute Gasteiger partial charge is 0.484 e. The van der Waals surface area contributed by atoms with E-state index < -0.39 is 12.0 Å². The first-order chi connectivity index (χ1) is 13.5. The Labute approximate surface area is 164 Å². The number of piperidine rings is 1. The molecule has 0 aromatic heterocycles. The number of methoxy groups -OCH3 is 1. The van der Waals surface area contributed by atoms with Crippen LogP contribution in [0.4, 0.5) is 0 Å². The molecule has 8 nitrogen and oxygen atoms in total. The summed E-state index contributed by atoms with van der Waals surface area (Å²) in [6.45, 7) is 1.20. The molecule has 2 aliphatic rings. The van der Waals surface area contributed by atoms with Crippen LogP contribution in [-0.2, 0) is 19.1 Å². The number of carbonyl (C=O) groups excluding carboxylic acids is 2. The molecule has 0 saturated carbocycles. The van der Waals surface area contributed by atoms with E-state index in [-0.39, 0.29) is 30.4 Å². The van der Waals surface area contributed by atoms with Crippen LogP contribution >= 0.6 is 0 Å². The zero-order valence-electron chi connectivity index (χ0n) is 16.0. The molecule has 2 aliphatic heterocycles. The molecular weight excluding hydrogens is 364 g/mol. The minimum absolute atomic E-state index is 0.0364. The quantitative estimate of drug-likeness (QED) is 0.779. The molecule has 8 heteroatoms. The molecule has 1 aromatic rings. The van der Waals surface area contributed by atoms with Crippen molar-refractivity contribution in [1.29, 1.82) is 0 Å². The smallest absolute Gasteiger partial charge is 0.326 e. The fourth-order valence-electron chi connectivity index (χ4n) is 3.81. The van der Waals surface area contributed by atoms with Gasteiger partial charge in [0, 0.05) is 39.1 Å². The maximum atomic E-state index is 12.8. The second-order valence-corrected chi connectivity index (χ2v) is 7.19. The van der Waals surface area contributed by atoms with Gasteiger partial charge in [-0.2, -0.15) is 0 Å². The summed E-state index contributed by atoms with van der Waals surface area (Å²) in [6, 6.07) is 8.31. The predicted molar refractivity (Wildman–Crippen MR) is 99.8 cm³/mol. The standard InChI is InChI=1S/C20H26N2O6/c1-27-16-11-17(20(25)26)22(12-16)19(24)14-7-9-21(10-8-14)18(23)13-28-15-5-3-2-4-6-15/h2-6,14,16-17H,7-13H2,1H3,(H,25,26). The Kier molecular flexibility index (Phi) is 6.51. The second-order valence-electron chi connectivity index (χ2n) is 7.19. The number of aliphatic carboxylic acids is 1. The highest BCUT2D eigenvalue weighted by atomic mass is 16.5. The topological polar surface area (TPSA) is 96.4 Å². The Hall–Kier alpha value is -2.61. The minimum atomic E-state index is -1.00. The average Bonchev–Trinajstić information content (AvgIpc) is 3.17. The van der Waals surface area contributed by atoms with Gasteiger partial charge in [0.2, 0.25) is 5.91 Å². The first-order valence-electron chi connectivity index (χ1n) is 9.51. The Balaban J connectivity index is 1.49. The van der Waals surface area contributed by atoms with E-state index in [4.69, 9.17) is 9.47 Å². The van der Waals surface area contributed by atoms with Gasteiger partial charge in [0.1, 0.15) is 11.8 Å². The maximum Gasteiger partial charge on any atom is 0.326 e. The number of para-hydroxylation sites is 1. The molecule has 152 valence electrons. The fourth-order valence-corrected chi connectivity index (χ4v) is 3.81. The number of ether oxygens (including phenoxy) is 2. The lowest BCUT2D eigenvalue weighted by Gasteiger charge is -2.34. The summed E-state index contributed by atoms with van der Waals surface area (Å²) in [5.74, 6) is -0.893. The SMILES string of the molecule is COC1CC(C(=O)O)N(C(=O)C2CCN(C(=O)COc3ccccc3)CC2)C1. The number of hydrogen-bond donors (Lipinski definition) is 1. The van der Waals surface area contributed by atoms with Crippen LogP contribution < -0.4 is 4.74 Å². The van der Waals surface area contributed by atoms with Crippen molar-refractivity contribution in [3.63, 3.8) is 0 Å². The number of amides is 2. The lowest BCUT2D eigenvalue weighted by Crippen LogP contribution is -2.48. The maximum absolute atomic E-state index is 12.8. The van der Waals surface area contributed by atoms with Crippen LogP contribution in [0.15, 0.2) is 30.3 Å². The third kappa shape index (κ3) is 4.62. The number of carboxylic acid groups (broad SMARTS) is 1. The molecule has 0 radical (unpaired) electrons. The van der Waals surface area contributed by atoms with Gasteiger partial charge in [0.25, 0.3) is 5.91 Å². The van der Waals surface area contributed by atoms with E-state index in [0.29, 0.717) is 44.6 Å². The van der Waals surface area contributed by atoms with E-state index in [2.05, 4.69) is 0 Å². The van der Waals surface area contributed by atoms with E-state index >= 15 is 0 Å². The van der Waals surface area contributed by atoms with Gasteiger partial charge in [0.05, 0.1) is 6.10 Å². The van der Waals surface area contributed by atoms with Crippen molar-refractivity contribution in [2.24, 2.45) is 5.92 Å². The molecule has 0 aliphatic carbocycles. The zero-order chi connectivity index (χ0) is 20.1. The third-order valence-electron chi connectivity index (χ3n) is 5.47. The molecule has 0 spiro atoms. The second kappa shape index (κ2) is 9.05. The number of rotatable bonds is 6. The van der Waals surface area contributed by atoms with Gasteiger partial charge >= 0.3 is 5.97 Å². The van der Waals surface area contributed by atoms with Crippen LogP contribution in [0.3, 0.4) is 0 Å². The molecule has 2 heterocycles. The van der Waals surface area contributed by atoms with Crippen LogP contribution in [0.2, 0.25) is 0 Å². The molecule has 3 rings (SSSR count). The monoisotopic (exact) mass is 390 g/mol. The van der Waals surface area contributed by atoms with Crippen LogP contribution in [0.5, 0.6) is 5.75 Å². The van der Waals surface area contributed by atoms with Gasteiger partial charge in [-0.3, -0.25) is 9.59 Å². The van der Waals surface area contributed by atoms with Crippen LogP contribution in [0.25, 0.3) is 0 Å². The van der Waals surface area contributed by atoms with Crippen molar-refractivity contribution in [1.82, 2.24) is 9.80 Å². The van der Waals surface area contributed by atoms with Crippen molar-refractivity contribution in [3.8, 4) is 5.75 Å². The number of benzene rings is 1. The van der Waals surface area contributed by atoms with E-state index in [1.54, 1.807) is 17.0 Å². The lowest BCUT2D eigenvalue weighted by molar-refractivity contribution is -0.151. The minimum Gasteiger partial charge on any atom is -0.484 e. The summed E-state index contributed by atoms with van der Waals surface area (Å²) in [5, 5.41) is 9.40. The van der Waals surface area contributed by atoms with Gasteiger partial charge in [-0.1, -0.05) is 18.2 Å². The van der Waals surface area contributed by atoms with E-state index in [1.165, 1.54) is 12.0 Å². The van der Waals surface area contributed by atoms with Crippen molar-refractivity contribution in [2.75, 3.05) is 33.4 Å². The highest BCUT2D eigenvalue weighted by Gasteiger charge is 2.42. The normalized spacial score (nSPS) is 22.9. The van der Waals surface area contributed by atoms with Crippen molar-refractivity contribution < 1.29 is 29.0 Å². The molecule has 2 atom stereocenters. The van der Waals surface area contributed by atoms with Gasteiger partial charge in [0.15, 0.2) is 6.61 Å². The Morgan fingerprint density at radius 2 is 1.82 bits per heavy atom. The van der Waals surface area contributed by atoms with Crippen LogP contribution in [0, 0.1) is 5.92 Å². The summed E-state index contributed by atoms with van der Waals surface area (Å²) in [6.07, 6.45) is 1.11. The van der Waals surface area contributed by atoms with E-state index in [0.717, 1.165) is 0 Å². The Morgan fingerprint density at radius 3 is 2.43 bits per heavy atom. The van der Waals surface area contributed by atoms with Crippen LogP contribution in [-0.4, -0.2) is 78.2 Å². The average molecular weight is 390 g/mol. The summed E-state index contributed by atoms with van der Waals surface area (Å²) in [7, 11) is 1.53.